The van der Waals surface area contributed by atoms with Gasteiger partial charge in [-0.3, -0.25) is 4.57 Å². The standard InChI is InChI=1S/C17H18ClN7O4/c18-9-4-2-1-3-8(9)5-22-24-17-23-11-14(19)20-7-21-15(11)25(17)16-13(28)12(27)10(6-26)29-16/h1-5,7,10,12-13,16,26-28H,6H2,(H,23,24)(H2,19,20,21)/b22-5+. The summed E-state index contributed by atoms with van der Waals surface area (Å²) in [5.41, 5.74) is 9.85. The number of nitrogens with zero attached hydrogens (tertiary/aromatic N) is 5. The van der Waals surface area contributed by atoms with Crippen LogP contribution in [0.2, 0.25) is 5.02 Å². The molecule has 6 N–H and O–H groups in total. The number of nitrogens with two attached hydrogens (primary N) is 1. The van der Waals surface area contributed by atoms with Gasteiger partial charge in [-0.2, -0.15) is 5.10 Å². The van der Waals surface area contributed by atoms with E-state index in [1.54, 1.807) is 18.2 Å². The number of ether oxygens (including phenoxy) is 1. The number of aliphatic hydroxyl groups excluding tert-OH is 3. The number of halogens is 1. The SMILES string of the molecule is Nc1ncnc2c1nc(N/N=C/c1ccccc1Cl)n2C1OC(CO)C(O)C1O. The Morgan fingerprint density at radius 3 is 2.79 bits per heavy atom. The zero-order valence-corrected chi connectivity index (χ0v) is 15.7. The van der Waals surface area contributed by atoms with E-state index in [0.717, 1.165) is 0 Å². The summed E-state index contributed by atoms with van der Waals surface area (Å²) in [6.45, 7) is -0.466. The first-order chi connectivity index (χ1) is 14.0. The van der Waals surface area contributed by atoms with Crippen molar-refractivity contribution in [3.8, 4) is 0 Å². The largest absolute Gasteiger partial charge is 0.394 e. The lowest BCUT2D eigenvalue weighted by Gasteiger charge is -2.18. The molecule has 2 aromatic heterocycles. The molecule has 0 radical (unpaired) electrons. The third-order valence-corrected chi connectivity index (χ3v) is 4.89. The van der Waals surface area contributed by atoms with Gasteiger partial charge in [0.2, 0.25) is 5.95 Å². The van der Waals surface area contributed by atoms with E-state index in [-0.39, 0.29) is 22.9 Å². The molecule has 4 atom stereocenters. The van der Waals surface area contributed by atoms with Crippen LogP contribution in [-0.2, 0) is 4.74 Å². The fraction of sp³-hybridized carbons (Fsp3) is 0.294. The van der Waals surface area contributed by atoms with E-state index < -0.39 is 31.1 Å². The van der Waals surface area contributed by atoms with Gasteiger partial charge in [0, 0.05) is 10.6 Å². The van der Waals surface area contributed by atoms with E-state index in [4.69, 9.17) is 22.1 Å². The number of aromatic nitrogens is 4. The van der Waals surface area contributed by atoms with Gasteiger partial charge in [-0.25, -0.2) is 20.4 Å². The zero-order valence-electron chi connectivity index (χ0n) is 14.9. The van der Waals surface area contributed by atoms with E-state index in [1.165, 1.54) is 17.1 Å². The number of benzene rings is 1. The average molecular weight is 420 g/mol. The number of hydrogen-bond acceptors (Lipinski definition) is 10. The van der Waals surface area contributed by atoms with Gasteiger partial charge in [-0.05, 0) is 6.07 Å². The molecule has 152 valence electrons. The highest BCUT2D eigenvalue weighted by Crippen LogP contribution is 2.35. The number of imidazole rings is 1. The maximum atomic E-state index is 10.4. The third-order valence-electron chi connectivity index (χ3n) is 4.55. The Hall–Kier alpha value is -2.83. The van der Waals surface area contributed by atoms with Crippen molar-refractivity contribution >= 4 is 40.7 Å². The Bertz CT molecular complexity index is 1060. The van der Waals surface area contributed by atoms with Crippen LogP contribution in [0.5, 0.6) is 0 Å². The van der Waals surface area contributed by atoms with Crippen molar-refractivity contribution in [2.75, 3.05) is 17.8 Å². The second-order valence-corrected chi connectivity index (χ2v) is 6.76. The molecule has 29 heavy (non-hydrogen) atoms. The van der Waals surface area contributed by atoms with Crippen molar-refractivity contribution in [2.45, 2.75) is 24.5 Å². The van der Waals surface area contributed by atoms with Gasteiger partial charge in [-0.15, -0.1) is 0 Å². The molecule has 4 rings (SSSR count). The lowest BCUT2D eigenvalue weighted by atomic mass is 10.1. The topological polar surface area (TPSA) is 164 Å². The number of hydrogen-bond donors (Lipinski definition) is 5. The highest BCUT2D eigenvalue weighted by Gasteiger charge is 2.45. The maximum absolute atomic E-state index is 10.4. The zero-order chi connectivity index (χ0) is 20.5. The monoisotopic (exact) mass is 419 g/mol. The van der Waals surface area contributed by atoms with E-state index in [1.807, 2.05) is 6.07 Å². The second-order valence-electron chi connectivity index (χ2n) is 6.36. The first-order valence-corrected chi connectivity index (χ1v) is 9.03. The number of fused-ring (bicyclic) bond motifs is 1. The quantitative estimate of drug-likeness (QED) is 0.285. The van der Waals surface area contributed by atoms with Gasteiger partial charge in [0.25, 0.3) is 0 Å². The van der Waals surface area contributed by atoms with Gasteiger partial charge in [0.05, 0.1) is 12.8 Å². The number of anilines is 2. The van der Waals surface area contributed by atoms with E-state index in [2.05, 4.69) is 25.5 Å². The molecular weight excluding hydrogens is 402 g/mol. The Morgan fingerprint density at radius 1 is 1.28 bits per heavy atom. The molecule has 3 aromatic rings. The fourth-order valence-electron chi connectivity index (χ4n) is 3.08. The molecule has 3 heterocycles. The van der Waals surface area contributed by atoms with Crippen molar-refractivity contribution in [1.82, 2.24) is 19.5 Å². The van der Waals surface area contributed by atoms with Crippen molar-refractivity contribution in [3.63, 3.8) is 0 Å². The summed E-state index contributed by atoms with van der Waals surface area (Å²) in [6.07, 6.45) is -1.94. The van der Waals surface area contributed by atoms with Gasteiger partial charge >= 0.3 is 0 Å². The van der Waals surface area contributed by atoms with Gasteiger partial charge < -0.3 is 25.8 Å². The summed E-state index contributed by atoms with van der Waals surface area (Å²) >= 11 is 6.11. The first-order valence-electron chi connectivity index (χ1n) is 8.65. The van der Waals surface area contributed by atoms with Crippen LogP contribution in [-0.4, -0.2) is 66.0 Å². The lowest BCUT2D eigenvalue weighted by molar-refractivity contribution is -0.0501. The Labute approximate surface area is 169 Å². The minimum Gasteiger partial charge on any atom is -0.394 e. The summed E-state index contributed by atoms with van der Waals surface area (Å²) in [6, 6.07) is 7.13. The van der Waals surface area contributed by atoms with Crippen molar-refractivity contribution in [2.24, 2.45) is 5.10 Å². The van der Waals surface area contributed by atoms with E-state index in [0.29, 0.717) is 10.6 Å². The Morgan fingerprint density at radius 2 is 2.07 bits per heavy atom. The summed E-state index contributed by atoms with van der Waals surface area (Å²) in [5.74, 6) is 0.268. The van der Waals surface area contributed by atoms with Crippen molar-refractivity contribution in [3.05, 3.63) is 41.2 Å². The number of rotatable bonds is 5. The highest BCUT2D eigenvalue weighted by molar-refractivity contribution is 6.33. The van der Waals surface area contributed by atoms with Crippen LogP contribution in [0, 0.1) is 0 Å². The molecule has 1 aliphatic heterocycles. The lowest BCUT2D eigenvalue weighted by Crippen LogP contribution is -2.33. The van der Waals surface area contributed by atoms with E-state index >= 15 is 0 Å². The molecule has 1 aliphatic rings. The van der Waals surface area contributed by atoms with Crippen LogP contribution in [0.1, 0.15) is 11.8 Å². The molecule has 0 spiro atoms. The summed E-state index contributed by atoms with van der Waals surface area (Å²) in [7, 11) is 0. The number of hydrazone groups is 1. The van der Waals surface area contributed by atoms with Crippen LogP contribution >= 0.6 is 11.6 Å². The molecule has 0 amide bonds. The molecule has 4 unspecified atom stereocenters. The average Bonchev–Trinajstić information content (AvgIpc) is 3.22. The predicted octanol–water partition coefficient (Wildman–Crippen LogP) is 0.119. The summed E-state index contributed by atoms with van der Waals surface area (Å²) in [4.78, 5) is 12.4. The maximum Gasteiger partial charge on any atom is 0.228 e. The Kier molecular flexibility index (Phi) is 5.30. The molecule has 11 nitrogen and oxygen atoms in total. The first kappa shape index (κ1) is 19.5. The molecule has 12 heteroatoms. The normalized spacial score (nSPS) is 24.6. The molecule has 0 saturated carbocycles. The van der Waals surface area contributed by atoms with Gasteiger partial charge in [-0.1, -0.05) is 29.8 Å². The van der Waals surface area contributed by atoms with Crippen molar-refractivity contribution < 1.29 is 20.1 Å². The third kappa shape index (κ3) is 3.50. The van der Waals surface area contributed by atoms with E-state index in [9.17, 15) is 15.3 Å². The number of nitrogens with one attached hydrogen (secondary N) is 1. The highest BCUT2D eigenvalue weighted by atomic mass is 35.5. The smallest absolute Gasteiger partial charge is 0.228 e. The van der Waals surface area contributed by atoms with Crippen LogP contribution in [0.4, 0.5) is 11.8 Å². The Balaban J connectivity index is 1.73. The van der Waals surface area contributed by atoms with Crippen LogP contribution in [0.15, 0.2) is 35.7 Å². The minimum absolute atomic E-state index is 0.124. The number of nitrogen functional groups attached to an aromatic ring is 1. The fourth-order valence-corrected chi connectivity index (χ4v) is 3.26. The molecule has 0 bridgehead atoms. The molecule has 1 aromatic carbocycles. The second kappa shape index (κ2) is 7.89. The summed E-state index contributed by atoms with van der Waals surface area (Å²) < 4.78 is 7.01. The molecule has 0 aliphatic carbocycles. The van der Waals surface area contributed by atoms with Gasteiger partial charge in [0.1, 0.15) is 24.6 Å². The van der Waals surface area contributed by atoms with Crippen LogP contribution in [0.3, 0.4) is 0 Å². The molecular formula is C17H18ClN7O4. The predicted molar refractivity (Wildman–Crippen MR) is 105 cm³/mol. The number of aliphatic hydroxyl groups is 3. The summed E-state index contributed by atoms with van der Waals surface area (Å²) in [5, 5.41) is 34.6. The van der Waals surface area contributed by atoms with Crippen LogP contribution < -0.4 is 11.2 Å². The van der Waals surface area contributed by atoms with Crippen LogP contribution in [0.25, 0.3) is 11.2 Å². The van der Waals surface area contributed by atoms with Crippen molar-refractivity contribution in [1.29, 1.82) is 0 Å². The molecule has 1 fully saturated rings. The van der Waals surface area contributed by atoms with Gasteiger partial charge in [0.15, 0.2) is 23.2 Å². The minimum atomic E-state index is -1.34. The molecule has 1 saturated heterocycles.